The van der Waals surface area contributed by atoms with Crippen LogP contribution in [-0.2, 0) is 9.59 Å². The summed E-state index contributed by atoms with van der Waals surface area (Å²) in [4.78, 5) is 38.5. The lowest BCUT2D eigenvalue weighted by Gasteiger charge is -2.26. The summed E-state index contributed by atoms with van der Waals surface area (Å²) in [5.74, 6) is -1.18. The van der Waals surface area contributed by atoms with Gasteiger partial charge in [-0.1, -0.05) is 38.1 Å². The second-order valence-electron chi connectivity index (χ2n) is 8.72. The van der Waals surface area contributed by atoms with E-state index in [-0.39, 0.29) is 22.7 Å². The van der Waals surface area contributed by atoms with Gasteiger partial charge in [0.25, 0.3) is 17.4 Å². The van der Waals surface area contributed by atoms with Crippen molar-refractivity contribution in [2.45, 2.75) is 32.7 Å². The molecule has 3 aromatic rings. The van der Waals surface area contributed by atoms with Gasteiger partial charge in [-0.2, -0.15) is 0 Å². The number of ether oxygens (including phenoxy) is 1. The summed E-state index contributed by atoms with van der Waals surface area (Å²) in [6.07, 6.45) is 0. The third-order valence-corrected chi connectivity index (χ3v) is 6.12. The van der Waals surface area contributed by atoms with Crippen LogP contribution in [0, 0.1) is 10.1 Å². The van der Waals surface area contributed by atoms with Crippen molar-refractivity contribution in [2.24, 2.45) is 0 Å². The molecule has 1 amide bonds. The first-order chi connectivity index (χ1) is 17.2. The fourth-order valence-corrected chi connectivity index (χ4v) is 4.27. The number of aliphatic hydroxyl groups excluding tert-OH is 1. The molecule has 0 aromatic heterocycles. The molecule has 1 aliphatic rings. The number of benzene rings is 3. The van der Waals surface area contributed by atoms with Crippen molar-refractivity contribution in [3.63, 3.8) is 0 Å². The van der Waals surface area contributed by atoms with Gasteiger partial charge in [-0.25, -0.2) is 0 Å². The zero-order chi connectivity index (χ0) is 26.0. The first kappa shape index (κ1) is 24.7. The maximum atomic E-state index is 13.3. The van der Waals surface area contributed by atoms with Gasteiger partial charge in [-0.15, -0.1) is 0 Å². The number of hydrogen-bond donors (Lipinski definition) is 1. The van der Waals surface area contributed by atoms with Crippen LogP contribution in [0.1, 0.15) is 49.4 Å². The Hall–Kier alpha value is -4.46. The summed E-state index contributed by atoms with van der Waals surface area (Å²) >= 11 is 0. The minimum Gasteiger partial charge on any atom is -0.507 e. The Balaban J connectivity index is 1.89. The van der Waals surface area contributed by atoms with Crippen LogP contribution < -0.4 is 9.64 Å². The van der Waals surface area contributed by atoms with Gasteiger partial charge in [0.2, 0.25) is 0 Å². The fraction of sp³-hybridized carbons (Fsp3) is 0.214. The van der Waals surface area contributed by atoms with Crippen LogP contribution in [0.3, 0.4) is 0 Å². The SMILES string of the molecule is CCOc1cccc(C2/C(=C(\O)c3ccc([N+](=O)[O-])cc3)C(=O)C(=O)N2c2ccc(C(C)C)cc2)c1. The first-order valence-electron chi connectivity index (χ1n) is 11.6. The predicted octanol–water partition coefficient (Wildman–Crippen LogP) is 5.74. The highest BCUT2D eigenvalue weighted by Gasteiger charge is 2.47. The number of rotatable bonds is 7. The van der Waals surface area contributed by atoms with Crippen molar-refractivity contribution in [1.29, 1.82) is 0 Å². The number of nitro benzene ring substituents is 1. The minimum absolute atomic E-state index is 0.101. The third kappa shape index (κ3) is 4.57. The Bertz CT molecular complexity index is 1340. The van der Waals surface area contributed by atoms with E-state index < -0.39 is 28.4 Å². The van der Waals surface area contributed by atoms with E-state index in [1.54, 1.807) is 36.4 Å². The Morgan fingerprint density at radius 2 is 1.72 bits per heavy atom. The number of hydrogen-bond acceptors (Lipinski definition) is 6. The molecule has 8 nitrogen and oxygen atoms in total. The molecule has 0 aliphatic carbocycles. The molecule has 1 heterocycles. The molecule has 1 fully saturated rings. The Kier molecular flexibility index (Phi) is 6.87. The first-order valence-corrected chi connectivity index (χ1v) is 11.6. The molecule has 1 saturated heterocycles. The zero-order valence-corrected chi connectivity index (χ0v) is 20.2. The van der Waals surface area contributed by atoms with Gasteiger partial charge in [0.1, 0.15) is 11.5 Å². The Morgan fingerprint density at radius 3 is 2.31 bits per heavy atom. The topological polar surface area (TPSA) is 110 Å². The Morgan fingerprint density at radius 1 is 1.06 bits per heavy atom. The molecule has 0 radical (unpaired) electrons. The number of Topliss-reactive ketones (excluding diaryl/α,β-unsaturated/α-hetero) is 1. The van der Waals surface area contributed by atoms with E-state index in [1.807, 2.05) is 19.1 Å². The Labute approximate surface area is 208 Å². The van der Waals surface area contributed by atoms with E-state index in [2.05, 4.69) is 13.8 Å². The van der Waals surface area contributed by atoms with Crippen LogP contribution in [0.4, 0.5) is 11.4 Å². The van der Waals surface area contributed by atoms with Crippen LogP contribution in [0.2, 0.25) is 0 Å². The van der Waals surface area contributed by atoms with Crippen LogP contribution in [0.15, 0.2) is 78.4 Å². The molecule has 0 bridgehead atoms. The van der Waals surface area contributed by atoms with Crippen LogP contribution in [-0.4, -0.2) is 28.3 Å². The van der Waals surface area contributed by atoms with Crippen molar-refractivity contribution in [1.82, 2.24) is 0 Å². The smallest absolute Gasteiger partial charge is 0.300 e. The molecule has 36 heavy (non-hydrogen) atoms. The maximum Gasteiger partial charge on any atom is 0.300 e. The zero-order valence-electron chi connectivity index (χ0n) is 20.2. The van der Waals surface area contributed by atoms with Gasteiger partial charge in [0.05, 0.1) is 23.1 Å². The highest BCUT2D eigenvalue weighted by molar-refractivity contribution is 6.51. The van der Waals surface area contributed by atoms with E-state index in [4.69, 9.17) is 4.74 Å². The highest BCUT2D eigenvalue weighted by Crippen LogP contribution is 2.43. The molecule has 4 rings (SSSR count). The molecule has 0 spiro atoms. The largest absolute Gasteiger partial charge is 0.507 e. The molecule has 1 aliphatic heterocycles. The molecular formula is C28H26N2O6. The minimum atomic E-state index is -0.925. The molecule has 8 heteroatoms. The summed E-state index contributed by atoms with van der Waals surface area (Å²) in [5.41, 5.74) is 2.11. The predicted molar refractivity (Wildman–Crippen MR) is 136 cm³/mol. The van der Waals surface area contributed by atoms with Crippen LogP contribution in [0.25, 0.3) is 5.76 Å². The molecule has 1 atom stereocenters. The number of carbonyl (C=O) groups excluding carboxylic acids is 2. The fourth-order valence-electron chi connectivity index (χ4n) is 4.27. The number of amides is 1. The van der Waals surface area contributed by atoms with Crippen LogP contribution in [0.5, 0.6) is 5.75 Å². The molecule has 0 saturated carbocycles. The second kappa shape index (κ2) is 10.0. The van der Waals surface area contributed by atoms with Crippen molar-refractivity contribution < 1.29 is 24.4 Å². The number of nitro groups is 1. The molecule has 1 N–H and O–H groups in total. The third-order valence-electron chi connectivity index (χ3n) is 6.12. The quantitative estimate of drug-likeness (QED) is 0.150. The lowest BCUT2D eigenvalue weighted by molar-refractivity contribution is -0.384. The highest BCUT2D eigenvalue weighted by atomic mass is 16.6. The summed E-state index contributed by atoms with van der Waals surface area (Å²) in [6, 6.07) is 18.7. The standard InChI is InChI=1S/C28H26N2O6/c1-4-36-23-7-5-6-20(16-23)25-24(26(31)19-10-14-22(15-11-19)30(34)35)27(32)28(33)29(25)21-12-8-18(9-13-21)17(2)3/h5-17,25,31H,4H2,1-3H3/b26-24+. The van der Waals surface area contributed by atoms with E-state index in [1.165, 1.54) is 29.2 Å². The van der Waals surface area contributed by atoms with E-state index >= 15 is 0 Å². The normalized spacial score (nSPS) is 17.0. The average Bonchev–Trinajstić information content (AvgIpc) is 3.14. The number of nitrogens with zero attached hydrogens (tertiary/aromatic N) is 2. The molecule has 184 valence electrons. The number of anilines is 1. The van der Waals surface area contributed by atoms with Gasteiger partial charge >= 0.3 is 0 Å². The van der Waals surface area contributed by atoms with E-state index in [0.29, 0.717) is 23.6 Å². The van der Waals surface area contributed by atoms with Gasteiger partial charge in [0.15, 0.2) is 0 Å². The monoisotopic (exact) mass is 486 g/mol. The van der Waals surface area contributed by atoms with E-state index in [9.17, 15) is 24.8 Å². The van der Waals surface area contributed by atoms with Crippen molar-refractivity contribution >= 4 is 28.8 Å². The lowest BCUT2D eigenvalue weighted by Crippen LogP contribution is -2.29. The van der Waals surface area contributed by atoms with Crippen molar-refractivity contribution in [3.8, 4) is 5.75 Å². The molecule has 3 aromatic carbocycles. The van der Waals surface area contributed by atoms with E-state index in [0.717, 1.165) is 5.56 Å². The van der Waals surface area contributed by atoms with Gasteiger partial charge in [-0.3, -0.25) is 24.6 Å². The summed E-state index contributed by atoms with van der Waals surface area (Å²) in [5, 5.41) is 22.2. The van der Waals surface area contributed by atoms with Crippen LogP contribution >= 0.6 is 0 Å². The second-order valence-corrected chi connectivity index (χ2v) is 8.72. The number of aliphatic hydroxyl groups is 1. The molecule has 1 unspecified atom stereocenters. The van der Waals surface area contributed by atoms with Gasteiger partial charge in [0, 0.05) is 23.4 Å². The summed E-state index contributed by atoms with van der Waals surface area (Å²) < 4.78 is 5.63. The number of ketones is 1. The summed E-state index contributed by atoms with van der Waals surface area (Å²) in [6.45, 7) is 6.40. The summed E-state index contributed by atoms with van der Waals surface area (Å²) in [7, 11) is 0. The van der Waals surface area contributed by atoms with Gasteiger partial charge < -0.3 is 9.84 Å². The van der Waals surface area contributed by atoms with Crippen molar-refractivity contribution in [3.05, 3.63) is 105 Å². The average molecular weight is 487 g/mol. The molecular weight excluding hydrogens is 460 g/mol. The van der Waals surface area contributed by atoms with Crippen molar-refractivity contribution in [2.75, 3.05) is 11.5 Å². The lowest BCUT2D eigenvalue weighted by atomic mass is 9.94. The van der Waals surface area contributed by atoms with Gasteiger partial charge in [-0.05, 0) is 60.4 Å². The number of non-ortho nitro benzene ring substituents is 1. The maximum absolute atomic E-state index is 13.3. The number of carbonyl (C=O) groups is 2.